The second-order valence-electron chi connectivity index (χ2n) is 7.38. The molecule has 7 heteroatoms. The van der Waals surface area contributed by atoms with Gasteiger partial charge in [0.25, 0.3) is 5.91 Å². The highest BCUT2D eigenvalue weighted by atomic mass is 16.5. The third-order valence-corrected chi connectivity index (χ3v) is 5.50. The van der Waals surface area contributed by atoms with Crippen molar-refractivity contribution in [1.82, 2.24) is 19.9 Å². The molecule has 7 nitrogen and oxygen atoms in total. The van der Waals surface area contributed by atoms with E-state index in [2.05, 4.69) is 19.9 Å². The van der Waals surface area contributed by atoms with Crippen LogP contribution in [0.1, 0.15) is 47.6 Å². The first kappa shape index (κ1) is 19.2. The van der Waals surface area contributed by atoms with Gasteiger partial charge in [-0.15, -0.1) is 0 Å². The summed E-state index contributed by atoms with van der Waals surface area (Å²) in [6, 6.07) is 8.01. The lowest BCUT2D eigenvalue weighted by atomic mass is 10.1. The maximum atomic E-state index is 12.6. The number of carbonyl (C=O) groups is 1. The van der Waals surface area contributed by atoms with Crippen molar-refractivity contribution in [2.75, 3.05) is 20.8 Å². The van der Waals surface area contributed by atoms with Crippen LogP contribution in [0.2, 0.25) is 0 Å². The predicted octanol–water partition coefficient (Wildman–Crippen LogP) is 3.54. The van der Waals surface area contributed by atoms with Crippen LogP contribution in [0.15, 0.2) is 36.8 Å². The van der Waals surface area contributed by atoms with Gasteiger partial charge in [0.2, 0.25) is 0 Å². The van der Waals surface area contributed by atoms with Crippen molar-refractivity contribution in [3.05, 3.63) is 47.9 Å². The number of hydrogen-bond donors (Lipinski definition) is 1. The molecule has 1 aliphatic carbocycles. The highest BCUT2D eigenvalue weighted by molar-refractivity contribution is 5.96. The number of ether oxygens (including phenoxy) is 2. The van der Waals surface area contributed by atoms with Gasteiger partial charge < -0.3 is 19.4 Å². The summed E-state index contributed by atoms with van der Waals surface area (Å²) in [6.07, 6.45) is 9.01. The molecular formula is C22H26N4O3. The van der Waals surface area contributed by atoms with Crippen molar-refractivity contribution in [2.24, 2.45) is 0 Å². The topological polar surface area (TPSA) is 78.3 Å². The van der Waals surface area contributed by atoms with E-state index in [0.717, 1.165) is 28.2 Å². The molecule has 1 N–H and O–H groups in total. The molecule has 0 unspecified atom stereocenters. The van der Waals surface area contributed by atoms with Crippen LogP contribution in [0.25, 0.3) is 11.2 Å². The minimum absolute atomic E-state index is 0.148. The highest BCUT2D eigenvalue weighted by Crippen LogP contribution is 2.31. The number of fused-ring (bicyclic) bond motifs is 1. The maximum absolute atomic E-state index is 12.6. The second kappa shape index (κ2) is 8.51. The number of nitrogens with one attached hydrogen (secondary N) is 1. The highest BCUT2D eigenvalue weighted by Gasteiger charge is 2.20. The number of nitrogens with zero attached hydrogens (tertiary/aromatic N) is 3. The minimum atomic E-state index is -0.148. The second-order valence-corrected chi connectivity index (χ2v) is 7.38. The SMILES string of the molecule is COc1cc(CCNC(=O)c2cnc3c(c2)ncn3C2CCCC2)cc(OC)c1. The first-order chi connectivity index (χ1) is 14.2. The molecule has 0 saturated heterocycles. The summed E-state index contributed by atoms with van der Waals surface area (Å²) >= 11 is 0. The number of carbonyl (C=O) groups excluding carboxylic acids is 1. The number of rotatable bonds is 7. The molecule has 2 heterocycles. The Morgan fingerprint density at radius 3 is 2.52 bits per heavy atom. The number of imidazole rings is 1. The Labute approximate surface area is 170 Å². The molecule has 0 spiro atoms. The minimum Gasteiger partial charge on any atom is -0.497 e. The maximum Gasteiger partial charge on any atom is 0.252 e. The quantitative estimate of drug-likeness (QED) is 0.663. The fourth-order valence-corrected chi connectivity index (χ4v) is 3.93. The summed E-state index contributed by atoms with van der Waals surface area (Å²) in [5.41, 5.74) is 3.18. The van der Waals surface area contributed by atoms with E-state index in [1.165, 1.54) is 25.7 Å². The van der Waals surface area contributed by atoms with E-state index >= 15 is 0 Å². The number of methoxy groups -OCH3 is 2. The van der Waals surface area contributed by atoms with Gasteiger partial charge in [0.1, 0.15) is 17.0 Å². The smallest absolute Gasteiger partial charge is 0.252 e. The van der Waals surface area contributed by atoms with Gasteiger partial charge >= 0.3 is 0 Å². The molecule has 4 rings (SSSR count). The Morgan fingerprint density at radius 2 is 1.83 bits per heavy atom. The first-order valence-electron chi connectivity index (χ1n) is 10.0. The van der Waals surface area contributed by atoms with E-state index in [9.17, 15) is 4.79 Å². The zero-order chi connectivity index (χ0) is 20.2. The van der Waals surface area contributed by atoms with Gasteiger partial charge in [-0.3, -0.25) is 4.79 Å². The molecule has 0 radical (unpaired) electrons. The third-order valence-electron chi connectivity index (χ3n) is 5.50. The van der Waals surface area contributed by atoms with Gasteiger partial charge in [-0.05, 0) is 43.0 Å². The molecule has 1 amide bonds. The lowest BCUT2D eigenvalue weighted by Gasteiger charge is -2.11. The van der Waals surface area contributed by atoms with E-state index in [4.69, 9.17) is 9.47 Å². The summed E-state index contributed by atoms with van der Waals surface area (Å²) in [5, 5.41) is 2.95. The summed E-state index contributed by atoms with van der Waals surface area (Å²) in [7, 11) is 3.25. The Bertz CT molecular complexity index is 986. The summed E-state index contributed by atoms with van der Waals surface area (Å²) in [4.78, 5) is 21.5. The average Bonchev–Trinajstić information content (AvgIpc) is 3.42. The number of amides is 1. The molecule has 1 aliphatic rings. The molecule has 1 saturated carbocycles. The monoisotopic (exact) mass is 394 g/mol. The van der Waals surface area contributed by atoms with Crippen molar-refractivity contribution in [3.63, 3.8) is 0 Å². The van der Waals surface area contributed by atoms with Crippen molar-refractivity contribution in [1.29, 1.82) is 0 Å². The van der Waals surface area contributed by atoms with Crippen LogP contribution in [0, 0.1) is 0 Å². The molecular weight excluding hydrogens is 368 g/mol. The van der Waals surface area contributed by atoms with Crippen LogP contribution in [-0.4, -0.2) is 41.2 Å². The normalized spacial score (nSPS) is 14.3. The molecule has 152 valence electrons. The van der Waals surface area contributed by atoms with Crippen LogP contribution in [0.4, 0.5) is 0 Å². The number of pyridine rings is 1. The lowest BCUT2D eigenvalue weighted by molar-refractivity contribution is 0.0954. The summed E-state index contributed by atoms with van der Waals surface area (Å²) < 4.78 is 12.7. The Balaban J connectivity index is 1.40. The van der Waals surface area contributed by atoms with Crippen LogP contribution >= 0.6 is 0 Å². The van der Waals surface area contributed by atoms with Crippen molar-refractivity contribution < 1.29 is 14.3 Å². The van der Waals surface area contributed by atoms with Crippen LogP contribution in [-0.2, 0) is 6.42 Å². The molecule has 0 bridgehead atoms. The lowest BCUT2D eigenvalue weighted by Crippen LogP contribution is -2.25. The van der Waals surface area contributed by atoms with Gasteiger partial charge in [-0.25, -0.2) is 9.97 Å². The standard InChI is InChI=1S/C22H26N4O3/c1-28-18-9-15(10-19(12-18)29-2)7-8-23-22(27)16-11-20-21(24-13-16)26(14-25-20)17-5-3-4-6-17/h9-14,17H,3-8H2,1-2H3,(H,23,27). The molecule has 0 aliphatic heterocycles. The zero-order valence-corrected chi connectivity index (χ0v) is 16.9. The predicted molar refractivity (Wildman–Crippen MR) is 111 cm³/mol. The fourth-order valence-electron chi connectivity index (χ4n) is 3.93. The van der Waals surface area contributed by atoms with Crippen molar-refractivity contribution in [3.8, 4) is 11.5 Å². The first-order valence-corrected chi connectivity index (χ1v) is 10.0. The molecule has 0 atom stereocenters. The summed E-state index contributed by atoms with van der Waals surface area (Å²) in [5.74, 6) is 1.32. The largest absolute Gasteiger partial charge is 0.497 e. The molecule has 1 fully saturated rings. The van der Waals surface area contributed by atoms with E-state index < -0.39 is 0 Å². The van der Waals surface area contributed by atoms with E-state index in [1.54, 1.807) is 20.4 Å². The van der Waals surface area contributed by atoms with Crippen molar-refractivity contribution in [2.45, 2.75) is 38.1 Å². The van der Waals surface area contributed by atoms with Gasteiger partial charge in [-0.1, -0.05) is 12.8 Å². The third kappa shape index (κ3) is 4.18. The van der Waals surface area contributed by atoms with Crippen molar-refractivity contribution >= 4 is 17.1 Å². The van der Waals surface area contributed by atoms with E-state index in [1.807, 2.05) is 30.6 Å². The van der Waals surface area contributed by atoms with Gasteiger partial charge in [0.15, 0.2) is 5.65 Å². The summed E-state index contributed by atoms with van der Waals surface area (Å²) in [6.45, 7) is 0.504. The fraction of sp³-hybridized carbons (Fsp3) is 0.409. The molecule has 1 aromatic carbocycles. The van der Waals surface area contributed by atoms with E-state index in [-0.39, 0.29) is 5.91 Å². The Kier molecular flexibility index (Phi) is 5.64. The molecule has 29 heavy (non-hydrogen) atoms. The van der Waals surface area contributed by atoms with Gasteiger partial charge in [-0.2, -0.15) is 0 Å². The zero-order valence-electron chi connectivity index (χ0n) is 16.9. The van der Waals surface area contributed by atoms with Gasteiger partial charge in [0.05, 0.1) is 26.1 Å². The number of aromatic nitrogens is 3. The number of benzene rings is 1. The van der Waals surface area contributed by atoms with E-state index in [0.29, 0.717) is 24.6 Å². The molecule has 3 aromatic rings. The van der Waals surface area contributed by atoms with Crippen LogP contribution in [0.3, 0.4) is 0 Å². The Morgan fingerprint density at radius 1 is 1.10 bits per heavy atom. The average molecular weight is 394 g/mol. The van der Waals surface area contributed by atoms with Gasteiger partial charge in [0, 0.05) is 24.8 Å². The molecule has 2 aromatic heterocycles. The number of hydrogen-bond acceptors (Lipinski definition) is 5. The van der Waals surface area contributed by atoms with Crippen LogP contribution in [0.5, 0.6) is 11.5 Å². The van der Waals surface area contributed by atoms with Crippen LogP contribution < -0.4 is 14.8 Å². The Hall–Kier alpha value is -3.09.